The maximum absolute atomic E-state index is 5.57. The molecule has 0 amide bonds. The van der Waals surface area contributed by atoms with Crippen LogP contribution >= 0.6 is 7.26 Å². The van der Waals surface area contributed by atoms with Gasteiger partial charge in [-0.05, 0) is 79.1 Å². The zero-order valence-corrected chi connectivity index (χ0v) is 18.8. The summed E-state index contributed by atoms with van der Waals surface area (Å²) in [6, 6.07) is 37.7. The Bertz CT molecular complexity index is 1010. The Kier molecular flexibility index (Phi) is 6.02. The topological polar surface area (TPSA) is 9.23 Å². The maximum Gasteiger partial charge on any atom is 0.122 e. The molecule has 0 spiro atoms. The molecular formula is C28H28OP+. The third-order valence-electron chi connectivity index (χ3n) is 5.85. The summed E-state index contributed by atoms with van der Waals surface area (Å²) in [6.45, 7) is 4.34. The van der Waals surface area contributed by atoms with Crippen molar-refractivity contribution >= 4 is 23.2 Å². The van der Waals surface area contributed by atoms with E-state index < -0.39 is 7.26 Å². The Morgan fingerprint density at radius 2 is 1.03 bits per heavy atom. The smallest absolute Gasteiger partial charge is 0.122 e. The fourth-order valence-corrected chi connectivity index (χ4v) is 8.60. The van der Waals surface area contributed by atoms with E-state index in [9.17, 15) is 0 Å². The van der Waals surface area contributed by atoms with Gasteiger partial charge in [0.25, 0.3) is 0 Å². The standard InChI is InChI=1S/C28H28OP/c1-22-20-28(29-3)23(2)19-24(22)21-30(25-13-7-4-8-14-25,26-15-9-5-10-16-26)27-17-11-6-12-18-27/h4-20H,21H2,1-3H3/q+1. The minimum atomic E-state index is -1.89. The van der Waals surface area contributed by atoms with Gasteiger partial charge in [0.2, 0.25) is 0 Å². The number of ether oxygens (including phenoxy) is 1. The fourth-order valence-electron chi connectivity index (χ4n) is 4.26. The van der Waals surface area contributed by atoms with Crippen LogP contribution in [0.4, 0.5) is 0 Å². The maximum atomic E-state index is 5.57. The van der Waals surface area contributed by atoms with Crippen molar-refractivity contribution < 1.29 is 4.74 Å². The lowest BCUT2D eigenvalue weighted by Gasteiger charge is -2.28. The van der Waals surface area contributed by atoms with Crippen molar-refractivity contribution in [1.29, 1.82) is 0 Å². The second kappa shape index (κ2) is 8.86. The van der Waals surface area contributed by atoms with Gasteiger partial charge in [0.1, 0.15) is 28.9 Å². The molecule has 0 fully saturated rings. The van der Waals surface area contributed by atoms with Crippen molar-refractivity contribution in [3.05, 3.63) is 120 Å². The second-order valence-corrected chi connectivity index (χ2v) is 11.2. The first-order chi connectivity index (χ1) is 14.6. The highest BCUT2D eigenvalue weighted by Gasteiger charge is 2.45. The van der Waals surface area contributed by atoms with E-state index in [2.05, 4.69) is 117 Å². The van der Waals surface area contributed by atoms with Gasteiger partial charge in [-0.3, -0.25) is 0 Å². The fraction of sp³-hybridized carbons (Fsp3) is 0.143. The van der Waals surface area contributed by atoms with Crippen LogP contribution in [0.15, 0.2) is 103 Å². The zero-order valence-electron chi connectivity index (χ0n) is 17.9. The van der Waals surface area contributed by atoms with E-state index in [4.69, 9.17) is 4.74 Å². The highest BCUT2D eigenvalue weighted by atomic mass is 31.2. The van der Waals surface area contributed by atoms with Gasteiger partial charge >= 0.3 is 0 Å². The van der Waals surface area contributed by atoms with Gasteiger partial charge in [0.05, 0.1) is 13.3 Å². The summed E-state index contributed by atoms with van der Waals surface area (Å²) in [5.41, 5.74) is 3.85. The lowest BCUT2D eigenvalue weighted by atomic mass is 10.1. The molecule has 0 unspecified atom stereocenters. The van der Waals surface area contributed by atoms with Crippen molar-refractivity contribution in [3.8, 4) is 5.75 Å². The van der Waals surface area contributed by atoms with Gasteiger partial charge in [0, 0.05) is 0 Å². The molecular weight excluding hydrogens is 383 g/mol. The number of benzene rings is 4. The normalized spacial score (nSPS) is 11.3. The quantitative estimate of drug-likeness (QED) is 0.364. The van der Waals surface area contributed by atoms with E-state index >= 15 is 0 Å². The molecule has 0 saturated carbocycles. The minimum Gasteiger partial charge on any atom is -0.496 e. The second-order valence-electron chi connectivity index (χ2n) is 7.72. The van der Waals surface area contributed by atoms with E-state index in [1.807, 2.05) is 0 Å². The molecule has 0 aromatic heterocycles. The highest BCUT2D eigenvalue weighted by Crippen LogP contribution is 2.58. The lowest BCUT2D eigenvalue weighted by molar-refractivity contribution is 0.411. The van der Waals surface area contributed by atoms with Crippen LogP contribution < -0.4 is 20.7 Å². The van der Waals surface area contributed by atoms with Crippen LogP contribution in [0.5, 0.6) is 5.75 Å². The highest BCUT2D eigenvalue weighted by molar-refractivity contribution is 7.95. The molecule has 30 heavy (non-hydrogen) atoms. The number of hydrogen-bond acceptors (Lipinski definition) is 1. The molecule has 4 rings (SSSR count). The summed E-state index contributed by atoms with van der Waals surface area (Å²) < 4.78 is 5.57. The summed E-state index contributed by atoms with van der Waals surface area (Å²) in [7, 11) is -0.140. The molecule has 0 radical (unpaired) electrons. The molecule has 0 aliphatic carbocycles. The first-order valence-electron chi connectivity index (χ1n) is 10.3. The van der Waals surface area contributed by atoms with E-state index in [0.29, 0.717) is 0 Å². The van der Waals surface area contributed by atoms with Crippen molar-refractivity contribution in [1.82, 2.24) is 0 Å². The summed E-state index contributed by atoms with van der Waals surface area (Å²) in [6.07, 6.45) is 0.988. The molecule has 4 aromatic carbocycles. The third kappa shape index (κ3) is 3.78. The molecule has 1 nitrogen and oxygen atoms in total. The number of aryl methyl sites for hydroxylation is 2. The monoisotopic (exact) mass is 411 g/mol. The summed E-state index contributed by atoms with van der Waals surface area (Å²) in [5.74, 6) is 0.958. The molecule has 0 heterocycles. The van der Waals surface area contributed by atoms with E-state index in [1.165, 1.54) is 32.6 Å². The minimum absolute atomic E-state index is 0.958. The predicted molar refractivity (Wildman–Crippen MR) is 131 cm³/mol. The first kappa shape index (κ1) is 20.4. The van der Waals surface area contributed by atoms with Gasteiger partial charge in [-0.1, -0.05) is 54.6 Å². The Morgan fingerprint density at radius 3 is 1.43 bits per heavy atom. The van der Waals surface area contributed by atoms with Crippen LogP contribution in [0.2, 0.25) is 0 Å². The molecule has 4 aromatic rings. The van der Waals surface area contributed by atoms with Crippen molar-refractivity contribution in [3.63, 3.8) is 0 Å². The van der Waals surface area contributed by atoms with Crippen LogP contribution in [0.3, 0.4) is 0 Å². The van der Waals surface area contributed by atoms with Crippen LogP contribution in [-0.4, -0.2) is 7.11 Å². The number of methoxy groups -OCH3 is 1. The Balaban J connectivity index is 2.00. The van der Waals surface area contributed by atoms with Crippen molar-refractivity contribution in [2.24, 2.45) is 0 Å². The van der Waals surface area contributed by atoms with E-state index in [-0.39, 0.29) is 0 Å². The molecule has 0 bridgehead atoms. The van der Waals surface area contributed by atoms with Crippen LogP contribution in [-0.2, 0) is 6.16 Å². The molecule has 150 valence electrons. The van der Waals surface area contributed by atoms with Crippen molar-refractivity contribution in [2.75, 3.05) is 7.11 Å². The average molecular weight is 412 g/mol. The third-order valence-corrected chi connectivity index (χ3v) is 10.2. The van der Waals surface area contributed by atoms with E-state index in [0.717, 1.165) is 11.9 Å². The van der Waals surface area contributed by atoms with Gasteiger partial charge < -0.3 is 4.74 Å². The molecule has 0 aliphatic rings. The van der Waals surface area contributed by atoms with Crippen LogP contribution in [0.1, 0.15) is 16.7 Å². The molecule has 0 N–H and O–H groups in total. The molecule has 0 aliphatic heterocycles. The van der Waals surface area contributed by atoms with Crippen molar-refractivity contribution in [2.45, 2.75) is 20.0 Å². The Labute approximate surface area is 180 Å². The first-order valence-corrected chi connectivity index (χ1v) is 12.3. The summed E-state index contributed by atoms with van der Waals surface area (Å²) in [5, 5.41) is 4.24. The molecule has 2 heteroatoms. The summed E-state index contributed by atoms with van der Waals surface area (Å²) in [4.78, 5) is 0. The van der Waals surface area contributed by atoms with Gasteiger partial charge in [-0.25, -0.2) is 0 Å². The summed E-state index contributed by atoms with van der Waals surface area (Å²) >= 11 is 0. The Hall–Kier alpha value is -2.89. The van der Waals surface area contributed by atoms with Crippen LogP contribution in [0.25, 0.3) is 0 Å². The SMILES string of the molecule is COc1cc(C)c(C[P+](c2ccccc2)(c2ccccc2)c2ccccc2)cc1C. The zero-order chi connectivity index (χ0) is 21.0. The predicted octanol–water partition coefficient (Wildman–Crippen LogP) is 5.81. The van der Waals surface area contributed by atoms with Gasteiger partial charge in [-0.2, -0.15) is 0 Å². The largest absolute Gasteiger partial charge is 0.496 e. The molecule has 0 saturated heterocycles. The van der Waals surface area contributed by atoms with Crippen LogP contribution in [0, 0.1) is 13.8 Å². The number of hydrogen-bond donors (Lipinski definition) is 0. The molecule has 0 atom stereocenters. The number of rotatable bonds is 6. The lowest BCUT2D eigenvalue weighted by Crippen LogP contribution is -2.32. The average Bonchev–Trinajstić information content (AvgIpc) is 2.81. The van der Waals surface area contributed by atoms with Gasteiger partial charge in [-0.15, -0.1) is 0 Å². The van der Waals surface area contributed by atoms with E-state index in [1.54, 1.807) is 7.11 Å². The van der Waals surface area contributed by atoms with Gasteiger partial charge in [0.15, 0.2) is 0 Å². The Morgan fingerprint density at radius 1 is 0.600 bits per heavy atom.